The first-order valence-electron chi connectivity index (χ1n) is 3.53. The smallest absolute Gasteiger partial charge is 0.0694 e. The zero-order chi connectivity index (χ0) is 8.27. The van der Waals surface area contributed by atoms with Gasteiger partial charge in [-0.15, -0.1) is 0 Å². The van der Waals surface area contributed by atoms with Crippen molar-refractivity contribution in [3.63, 3.8) is 0 Å². The number of hydrogen-bond acceptors (Lipinski definition) is 4. The predicted molar refractivity (Wildman–Crippen MR) is 43.9 cm³/mol. The van der Waals surface area contributed by atoms with Gasteiger partial charge in [0, 0.05) is 11.6 Å². The Morgan fingerprint density at radius 3 is 2.55 bits per heavy atom. The van der Waals surface area contributed by atoms with E-state index in [2.05, 4.69) is 5.10 Å². The fourth-order valence-electron chi connectivity index (χ4n) is 0.900. The Morgan fingerprint density at radius 1 is 1.64 bits per heavy atom. The average Bonchev–Trinajstić information content (AvgIpc) is 1.81. The summed E-state index contributed by atoms with van der Waals surface area (Å²) >= 11 is 0. The molecular formula is C7H13N3O. The van der Waals surface area contributed by atoms with Crippen LogP contribution in [0.5, 0.6) is 0 Å². The Labute approximate surface area is 65.9 Å². The third kappa shape index (κ3) is 1.94. The molecule has 11 heavy (non-hydrogen) atoms. The molecule has 4 nitrogen and oxygen atoms in total. The van der Waals surface area contributed by atoms with Crippen molar-refractivity contribution in [1.29, 1.82) is 0 Å². The maximum Gasteiger partial charge on any atom is 0.0694 e. The highest BCUT2D eigenvalue weighted by molar-refractivity contribution is 5.97. The van der Waals surface area contributed by atoms with E-state index in [9.17, 15) is 0 Å². The van der Waals surface area contributed by atoms with Gasteiger partial charge in [-0.25, -0.2) is 0 Å². The minimum atomic E-state index is 0.346. The van der Waals surface area contributed by atoms with Crippen LogP contribution in [0.25, 0.3) is 0 Å². The van der Waals surface area contributed by atoms with Gasteiger partial charge in [-0.05, 0) is 13.0 Å². The molecule has 0 bridgehead atoms. The quantitative estimate of drug-likeness (QED) is 0.330. The van der Waals surface area contributed by atoms with Gasteiger partial charge in [0.1, 0.15) is 0 Å². The molecule has 0 spiro atoms. The summed E-state index contributed by atoms with van der Waals surface area (Å²) < 4.78 is 4.99. The van der Waals surface area contributed by atoms with Crippen LogP contribution >= 0.6 is 0 Å². The van der Waals surface area contributed by atoms with Crippen LogP contribution in [0.4, 0.5) is 0 Å². The van der Waals surface area contributed by atoms with Gasteiger partial charge in [-0.3, -0.25) is 0 Å². The van der Waals surface area contributed by atoms with Crippen molar-refractivity contribution in [2.24, 2.45) is 22.6 Å². The molecule has 0 aromatic rings. The number of hydrazone groups is 1. The van der Waals surface area contributed by atoms with Crippen LogP contribution in [0.2, 0.25) is 0 Å². The van der Waals surface area contributed by atoms with Crippen molar-refractivity contribution in [2.45, 2.75) is 6.92 Å². The molecule has 0 radical (unpaired) electrons. The van der Waals surface area contributed by atoms with Gasteiger partial charge in [-0.2, -0.15) is 5.10 Å². The molecule has 0 saturated carbocycles. The highest BCUT2D eigenvalue weighted by Gasteiger charge is 2.22. The molecular weight excluding hydrogens is 142 g/mol. The minimum absolute atomic E-state index is 0.346. The second kappa shape index (κ2) is 3.39. The first-order chi connectivity index (χ1) is 5.24. The summed E-state index contributed by atoms with van der Waals surface area (Å²) in [7, 11) is 0. The van der Waals surface area contributed by atoms with Gasteiger partial charge in [0.05, 0.1) is 18.9 Å². The summed E-state index contributed by atoms with van der Waals surface area (Å²) in [5, 5.41) is 3.63. The van der Waals surface area contributed by atoms with E-state index in [1.54, 1.807) is 6.08 Å². The summed E-state index contributed by atoms with van der Waals surface area (Å²) in [6, 6.07) is 0. The molecule has 1 saturated heterocycles. The lowest BCUT2D eigenvalue weighted by Gasteiger charge is -2.25. The summed E-state index contributed by atoms with van der Waals surface area (Å²) in [5.41, 5.74) is 7.02. The SMILES string of the molecule is CC(N)=CC(=NN)C1COC1. The third-order valence-electron chi connectivity index (χ3n) is 1.58. The van der Waals surface area contributed by atoms with Gasteiger partial charge in [0.2, 0.25) is 0 Å². The summed E-state index contributed by atoms with van der Waals surface area (Å²) in [6.45, 7) is 3.23. The van der Waals surface area contributed by atoms with E-state index in [-0.39, 0.29) is 0 Å². The van der Waals surface area contributed by atoms with Crippen molar-refractivity contribution in [2.75, 3.05) is 13.2 Å². The molecule has 62 valence electrons. The van der Waals surface area contributed by atoms with E-state index in [1.165, 1.54) is 0 Å². The summed E-state index contributed by atoms with van der Waals surface area (Å²) in [6.07, 6.45) is 1.78. The lowest BCUT2D eigenvalue weighted by atomic mass is 10.0. The molecule has 1 rings (SSSR count). The standard InChI is InChI=1S/C7H13N3O/c1-5(8)2-7(10-9)6-3-11-4-6/h2,6H,3-4,8-9H2,1H3. The minimum Gasteiger partial charge on any atom is -0.402 e. The van der Waals surface area contributed by atoms with Gasteiger partial charge in [-0.1, -0.05) is 0 Å². The first kappa shape index (κ1) is 8.07. The van der Waals surface area contributed by atoms with Crippen LogP contribution in [-0.2, 0) is 4.74 Å². The third-order valence-corrected chi connectivity index (χ3v) is 1.58. The maximum atomic E-state index is 5.47. The molecule has 4 heteroatoms. The van der Waals surface area contributed by atoms with Crippen LogP contribution in [0.3, 0.4) is 0 Å². The maximum absolute atomic E-state index is 5.47. The van der Waals surface area contributed by atoms with Crippen molar-refractivity contribution in [1.82, 2.24) is 0 Å². The van der Waals surface area contributed by atoms with E-state index >= 15 is 0 Å². The molecule has 0 atom stereocenters. The van der Waals surface area contributed by atoms with Crippen molar-refractivity contribution in [3.8, 4) is 0 Å². The number of hydrogen-bond donors (Lipinski definition) is 2. The molecule has 1 fully saturated rings. The van der Waals surface area contributed by atoms with E-state index in [0.29, 0.717) is 19.1 Å². The zero-order valence-corrected chi connectivity index (χ0v) is 6.58. The van der Waals surface area contributed by atoms with Crippen LogP contribution in [-0.4, -0.2) is 18.9 Å². The lowest BCUT2D eigenvalue weighted by molar-refractivity contribution is 0.00219. The Kier molecular flexibility index (Phi) is 2.48. The number of ether oxygens (including phenoxy) is 1. The van der Waals surface area contributed by atoms with E-state index in [0.717, 1.165) is 11.4 Å². The van der Waals surface area contributed by atoms with Crippen LogP contribution in [0.15, 0.2) is 16.9 Å². The topological polar surface area (TPSA) is 73.6 Å². The Morgan fingerprint density at radius 2 is 2.27 bits per heavy atom. The zero-order valence-electron chi connectivity index (χ0n) is 6.58. The van der Waals surface area contributed by atoms with Gasteiger partial charge in [0.25, 0.3) is 0 Å². The number of rotatable bonds is 2. The summed E-state index contributed by atoms with van der Waals surface area (Å²) in [5.74, 6) is 5.51. The normalized spacial score (nSPS) is 21.5. The van der Waals surface area contributed by atoms with E-state index in [1.807, 2.05) is 6.92 Å². The van der Waals surface area contributed by atoms with Crippen molar-refractivity contribution < 1.29 is 4.74 Å². The molecule has 1 aliphatic rings. The number of nitrogens with zero attached hydrogens (tertiary/aromatic N) is 1. The largest absolute Gasteiger partial charge is 0.402 e. The van der Waals surface area contributed by atoms with Crippen molar-refractivity contribution in [3.05, 3.63) is 11.8 Å². The van der Waals surface area contributed by atoms with Crippen LogP contribution in [0, 0.1) is 5.92 Å². The average molecular weight is 155 g/mol. The Hall–Kier alpha value is -1.03. The van der Waals surface area contributed by atoms with Gasteiger partial charge in [0.15, 0.2) is 0 Å². The second-order valence-corrected chi connectivity index (χ2v) is 2.68. The van der Waals surface area contributed by atoms with Gasteiger partial charge >= 0.3 is 0 Å². The first-order valence-corrected chi connectivity index (χ1v) is 3.53. The lowest BCUT2D eigenvalue weighted by Crippen LogP contribution is -2.34. The van der Waals surface area contributed by atoms with Gasteiger partial charge < -0.3 is 16.3 Å². The Balaban J connectivity index is 2.57. The molecule has 0 unspecified atom stereocenters. The fourth-order valence-corrected chi connectivity index (χ4v) is 0.900. The number of nitrogens with two attached hydrogens (primary N) is 2. The predicted octanol–water partition coefficient (Wildman–Crippen LogP) is -0.190. The summed E-state index contributed by atoms with van der Waals surface area (Å²) in [4.78, 5) is 0. The van der Waals surface area contributed by atoms with E-state index < -0.39 is 0 Å². The highest BCUT2D eigenvalue weighted by Crippen LogP contribution is 2.12. The molecule has 0 aromatic heterocycles. The molecule has 0 amide bonds. The second-order valence-electron chi connectivity index (χ2n) is 2.68. The van der Waals surface area contributed by atoms with E-state index in [4.69, 9.17) is 16.3 Å². The Bertz CT molecular complexity index is 190. The molecule has 1 heterocycles. The molecule has 0 aliphatic carbocycles. The molecule has 1 aliphatic heterocycles. The van der Waals surface area contributed by atoms with Crippen molar-refractivity contribution >= 4 is 5.71 Å². The fraction of sp³-hybridized carbons (Fsp3) is 0.571. The van der Waals surface area contributed by atoms with Crippen LogP contribution in [0.1, 0.15) is 6.92 Å². The number of allylic oxidation sites excluding steroid dienone is 2. The van der Waals surface area contributed by atoms with Crippen LogP contribution < -0.4 is 11.6 Å². The molecule has 4 N–H and O–H groups in total. The highest BCUT2D eigenvalue weighted by atomic mass is 16.5. The monoisotopic (exact) mass is 155 g/mol. The molecule has 0 aromatic carbocycles.